The van der Waals surface area contributed by atoms with Crippen molar-refractivity contribution < 1.29 is 4.79 Å². The Balaban J connectivity index is 1.30. The van der Waals surface area contributed by atoms with Gasteiger partial charge in [0.05, 0.1) is 11.7 Å². The topological polar surface area (TPSA) is 54.3 Å². The molecule has 4 aliphatic heterocycles. The summed E-state index contributed by atoms with van der Waals surface area (Å²) in [5.41, 5.74) is 4.74. The maximum absolute atomic E-state index is 13.7. The van der Waals surface area contributed by atoms with E-state index in [9.17, 15) is 4.79 Å². The van der Waals surface area contributed by atoms with E-state index in [0.29, 0.717) is 18.2 Å². The van der Waals surface area contributed by atoms with Crippen LogP contribution in [-0.4, -0.2) is 56.7 Å². The first-order chi connectivity index (χ1) is 15.8. The molecule has 3 fully saturated rings. The molecule has 0 saturated carbocycles. The number of hydrogen-bond donors (Lipinski definition) is 0. The lowest BCUT2D eigenvalue weighted by Crippen LogP contribution is -2.49. The van der Waals surface area contributed by atoms with Crippen molar-refractivity contribution in [3.63, 3.8) is 0 Å². The van der Waals surface area contributed by atoms with Crippen LogP contribution in [0.2, 0.25) is 0 Å². The molecule has 5 heterocycles. The standard InChI is InChI=1S/C26H29N5O/c32-25(15-22-16-29-12-9-19(22)10-13-29)30-14-11-20-3-1-2-4-24(20)26(30)21-5-7-23(8-6-21)31-18-27-17-28-31/h1-8,17-19,22,26H,9-16H2/t22-,26+/m1/s1. The maximum atomic E-state index is 13.7. The van der Waals surface area contributed by atoms with Crippen molar-refractivity contribution in [1.82, 2.24) is 24.6 Å². The van der Waals surface area contributed by atoms with E-state index in [4.69, 9.17) is 0 Å². The van der Waals surface area contributed by atoms with E-state index in [1.54, 1.807) is 17.3 Å². The molecule has 2 bridgehead atoms. The molecule has 0 radical (unpaired) electrons. The van der Waals surface area contributed by atoms with Gasteiger partial charge in [0.25, 0.3) is 0 Å². The fraction of sp³-hybridized carbons (Fsp3) is 0.423. The molecule has 0 spiro atoms. The number of amides is 1. The summed E-state index contributed by atoms with van der Waals surface area (Å²) in [6.45, 7) is 4.31. The Morgan fingerprint density at radius 2 is 1.81 bits per heavy atom. The number of benzene rings is 2. The second-order valence-electron chi connectivity index (χ2n) is 9.47. The Bertz CT molecular complexity index is 1090. The minimum Gasteiger partial charge on any atom is -0.331 e. The molecule has 3 saturated heterocycles. The lowest BCUT2D eigenvalue weighted by atomic mass is 9.77. The summed E-state index contributed by atoms with van der Waals surface area (Å²) in [5, 5.41) is 4.23. The summed E-state index contributed by atoms with van der Waals surface area (Å²) >= 11 is 0. The Kier molecular flexibility index (Phi) is 5.02. The molecule has 164 valence electrons. The van der Waals surface area contributed by atoms with Gasteiger partial charge < -0.3 is 9.80 Å². The van der Waals surface area contributed by atoms with Crippen LogP contribution in [0.1, 0.15) is 42.0 Å². The number of aromatic nitrogens is 3. The zero-order valence-electron chi connectivity index (χ0n) is 18.3. The van der Waals surface area contributed by atoms with Crippen LogP contribution >= 0.6 is 0 Å². The van der Waals surface area contributed by atoms with Gasteiger partial charge in [0, 0.05) is 19.5 Å². The Morgan fingerprint density at radius 3 is 2.53 bits per heavy atom. The van der Waals surface area contributed by atoms with Crippen molar-refractivity contribution in [3.05, 3.63) is 77.9 Å². The Labute approximate surface area is 188 Å². The zero-order valence-corrected chi connectivity index (χ0v) is 18.3. The minimum absolute atomic E-state index is 0.0293. The van der Waals surface area contributed by atoms with Crippen molar-refractivity contribution in [2.24, 2.45) is 11.8 Å². The number of carbonyl (C=O) groups excluding carboxylic acids is 1. The quantitative estimate of drug-likeness (QED) is 0.640. The highest BCUT2D eigenvalue weighted by molar-refractivity contribution is 5.78. The summed E-state index contributed by atoms with van der Waals surface area (Å²) in [6.07, 6.45) is 7.36. The first-order valence-electron chi connectivity index (χ1n) is 11.8. The number of piperidine rings is 3. The molecule has 1 aromatic heterocycles. The summed E-state index contributed by atoms with van der Waals surface area (Å²) in [7, 11) is 0. The number of hydrogen-bond acceptors (Lipinski definition) is 4. The predicted molar refractivity (Wildman–Crippen MR) is 122 cm³/mol. The Hall–Kier alpha value is -2.99. The van der Waals surface area contributed by atoms with Crippen LogP contribution in [0.3, 0.4) is 0 Å². The number of carbonyl (C=O) groups is 1. The van der Waals surface area contributed by atoms with Crippen LogP contribution < -0.4 is 0 Å². The summed E-state index contributed by atoms with van der Waals surface area (Å²) in [6, 6.07) is 17.0. The number of nitrogens with zero attached hydrogens (tertiary/aromatic N) is 5. The second-order valence-corrected chi connectivity index (χ2v) is 9.47. The minimum atomic E-state index is -0.0293. The van der Waals surface area contributed by atoms with Gasteiger partial charge in [-0.25, -0.2) is 9.67 Å². The Morgan fingerprint density at radius 1 is 1.00 bits per heavy atom. The molecular weight excluding hydrogens is 398 g/mol. The molecule has 6 nitrogen and oxygen atoms in total. The molecule has 0 N–H and O–H groups in total. The molecule has 3 aromatic rings. The molecule has 4 aliphatic rings. The van der Waals surface area contributed by atoms with E-state index < -0.39 is 0 Å². The molecule has 0 aliphatic carbocycles. The summed E-state index contributed by atoms with van der Waals surface area (Å²) < 4.78 is 1.76. The third-order valence-corrected chi connectivity index (χ3v) is 7.72. The maximum Gasteiger partial charge on any atom is 0.223 e. The van der Waals surface area contributed by atoms with Gasteiger partial charge in [-0.05, 0) is 73.0 Å². The van der Waals surface area contributed by atoms with Gasteiger partial charge in [0.2, 0.25) is 5.91 Å². The summed E-state index contributed by atoms with van der Waals surface area (Å²) in [5.74, 6) is 1.54. The van der Waals surface area contributed by atoms with Gasteiger partial charge in [-0.2, -0.15) is 5.10 Å². The molecule has 6 heteroatoms. The molecular formula is C26H29N5O. The van der Waals surface area contributed by atoms with Crippen LogP contribution in [0.5, 0.6) is 0 Å². The smallest absolute Gasteiger partial charge is 0.223 e. The first-order valence-corrected chi connectivity index (χ1v) is 11.8. The monoisotopic (exact) mass is 427 g/mol. The lowest BCUT2D eigenvalue weighted by molar-refractivity contribution is -0.136. The van der Waals surface area contributed by atoms with E-state index in [0.717, 1.165) is 36.7 Å². The van der Waals surface area contributed by atoms with Crippen LogP contribution in [-0.2, 0) is 11.2 Å². The van der Waals surface area contributed by atoms with Gasteiger partial charge >= 0.3 is 0 Å². The molecule has 2 aromatic carbocycles. The van der Waals surface area contributed by atoms with E-state index in [1.165, 1.54) is 37.1 Å². The second kappa shape index (κ2) is 8.17. The van der Waals surface area contributed by atoms with Gasteiger partial charge in [-0.3, -0.25) is 4.79 Å². The van der Waals surface area contributed by atoms with E-state index in [1.807, 2.05) is 0 Å². The molecule has 32 heavy (non-hydrogen) atoms. The molecule has 7 rings (SSSR count). The third-order valence-electron chi connectivity index (χ3n) is 7.72. The average molecular weight is 428 g/mol. The largest absolute Gasteiger partial charge is 0.331 e. The fourth-order valence-electron chi connectivity index (χ4n) is 6.01. The number of rotatable bonds is 4. The highest BCUT2D eigenvalue weighted by Gasteiger charge is 2.38. The third kappa shape index (κ3) is 3.52. The van der Waals surface area contributed by atoms with Crippen LogP contribution in [0.25, 0.3) is 5.69 Å². The molecule has 2 atom stereocenters. The zero-order chi connectivity index (χ0) is 21.5. The van der Waals surface area contributed by atoms with Crippen LogP contribution in [0.4, 0.5) is 0 Å². The highest BCUT2D eigenvalue weighted by Crippen LogP contribution is 2.39. The summed E-state index contributed by atoms with van der Waals surface area (Å²) in [4.78, 5) is 22.4. The van der Waals surface area contributed by atoms with Crippen molar-refractivity contribution in [2.75, 3.05) is 26.2 Å². The van der Waals surface area contributed by atoms with Crippen LogP contribution in [0, 0.1) is 11.8 Å². The van der Waals surface area contributed by atoms with Gasteiger partial charge in [-0.1, -0.05) is 36.4 Å². The van der Waals surface area contributed by atoms with E-state index in [2.05, 4.69) is 68.4 Å². The van der Waals surface area contributed by atoms with Crippen molar-refractivity contribution in [1.29, 1.82) is 0 Å². The van der Waals surface area contributed by atoms with Crippen molar-refractivity contribution in [2.45, 2.75) is 31.7 Å². The highest BCUT2D eigenvalue weighted by atomic mass is 16.2. The molecule has 0 unspecified atom stereocenters. The van der Waals surface area contributed by atoms with Gasteiger partial charge in [0.1, 0.15) is 12.7 Å². The normalized spacial score (nSPS) is 26.7. The van der Waals surface area contributed by atoms with Crippen molar-refractivity contribution >= 4 is 5.91 Å². The van der Waals surface area contributed by atoms with Crippen LogP contribution in [0.15, 0.2) is 61.2 Å². The van der Waals surface area contributed by atoms with E-state index in [-0.39, 0.29) is 6.04 Å². The SMILES string of the molecule is O=C(C[C@@H]1CN2CCC1CC2)N1CCc2ccccc2[C@@H]1c1ccc(-n2cncn2)cc1. The lowest BCUT2D eigenvalue weighted by Gasteiger charge is -2.46. The predicted octanol–water partition coefficient (Wildman–Crippen LogP) is 3.47. The number of fused-ring (bicyclic) bond motifs is 4. The average Bonchev–Trinajstić information content (AvgIpc) is 3.39. The van der Waals surface area contributed by atoms with Gasteiger partial charge in [0.15, 0.2) is 0 Å². The van der Waals surface area contributed by atoms with E-state index >= 15 is 0 Å². The first kappa shape index (κ1) is 19.7. The molecule has 1 amide bonds. The van der Waals surface area contributed by atoms with Crippen molar-refractivity contribution in [3.8, 4) is 5.69 Å². The fourth-order valence-corrected chi connectivity index (χ4v) is 6.01. The van der Waals surface area contributed by atoms with Gasteiger partial charge in [-0.15, -0.1) is 0 Å².